The lowest BCUT2D eigenvalue weighted by atomic mass is 10.1. The van der Waals surface area contributed by atoms with Crippen LogP contribution in [-0.4, -0.2) is 138 Å². The van der Waals surface area contributed by atoms with E-state index in [0.29, 0.717) is 23.8 Å². The first kappa shape index (κ1) is 39.6. The van der Waals surface area contributed by atoms with Crippen LogP contribution in [-0.2, 0) is 24.4 Å². The predicted octanol–water partition coefficient (Wildman–Crippen LogP) is 1.78. The Morgan fingerprint density at radius 2 is 1.62 bits per heavy atom. The monoisotopic (exact) mass is 705 g/mol. The van der Waals surface area contributed by atoms with Crippen LogP contribution in [0.3, 0.4) is 0 Å². The third-order valence-corrected chi connectivity index (χ3v) is 7.10. The number of alkyl halides is 3. The third kappa shape index (κ3) is 12.9. The zero-order valence-electron chi connectivity index (χ0n) is 26.4. The average Bonchev–Trinajstić information content (AvgIpc) is 3.02. The highest BCUT2D eigenvalue weighted by Gasteiger charge is 2.44. The van der Waals surface area contributed by atoms with E-state index in [4.69, 9.17) is 17.7 Å². The Kier molecular flexibility index (Phi) is 14.9. The number of piperazine rings is 1. The minimum atomic E-state index is -5.84. The number of nitrogens with one attached hydrogen (secondary N) is 2. The van der Waals surface area contributed by atoms with E-state index >= 15 is 0 Å². The molecule has 1 aromatic heterocycles. The molecule has 266 valence electrons. The summed E-state index contributed by atoms with van der Waals surface area (Å²) in [5, 5.41) is 15.1. The second-order valence-electron chi connectivity index (χ2n) is 10.4. The molecule has 4 N–H and O–H groups in total. The Hall–Kier alpha value is -4.56. The first-order chi connectivity index (χ1) is 22.4. The number of aliphatic carboxylic acids is 1. The van der Waals surface area contributed by atoms with Crippen molar-refractivity contribution in [3.63, 3.8) is 0 Å². The van der Waals surface area contributed by atoms with Crippen LogP contribution in [0, 0.1) is 0 Å². The van der Waals surface area contributed by atoms with Crippen LogP contribution in [0.1, 0.15) is 30.3 Å². The molecule has 3 amide bonds. The third-order valence-electron chi connectivity index (χ3n) is 6.52. The summed E-state index contributed by atoms with van der Waals surface area (Å²) in [7, 11) is -1.95. The number of rotatable bonds is 12. The van der Waals surface area contributed by atoms with Gasteiger partial charge >= 0.3 is 27.7 Å². The van der Waals surface area contributed by atoms with Crippen molar-refractivity contribution in [1.82, 2.24) is 30.0 Å². The Morgan fingerprint density at radius 1 is 1.04 bits per heavy atom. The minimum absolute atomic E-state index is 0.0430. The number of nitrogens with zero attached hydrogens (tertiary/aromatic N) is 5. The van der Waals surface area contributed by atoms with E-state index in [1.54, 1.807) is 6.92 Å². The molecule has 16 nitrogen and oxygen atoms in total. The van der Waals surface area contributed by atoms with Gasteiger partial charge in [-0.15, -0.1) is 0 Å². The van der Waals surface area contributed by atoms with Gasteiger partial charge in [0.1, 0.15) is 17.6 Å². The molecule has 0 spiro atoms. The summed E-state index contributed by atoms with van der Waals surface area (Å²) in [6, 6.07) is 9.62. The normalized spacial score (nSPS) is 14.0. The first-order valence-electron chi connectivity index (χ1n) is 14.5. The van der Waals surface area contributed by atoms with E-state index in [2.05, 4.69) is 20.6 Å². The Bertz CT molecular complexity index is 1510. The second kappa shape index (κ2) is 18.1. The molecule has 20 heteroatoms. The van der Waals surface area contributed by atoms with Gasteiger partial charge in [0, 0.05) is 57.3 Å². The fourth-order valence-corrected chi connectivity index (χ4v) is 4.08. The number of anilines is 1. The number of carboxylic acids is 1. The number of hydrogen-bond donors (Lipinski definition) is 4. The van der Waals surface area contributed by atoms with E-state index in [1.807, 2.05) is 49.3 Å². The van der Waals surface area contributed by atoms with E-state index in [-0.39, 0.29) is 51.3 Å². The van der Waals surface area contributed by atoms with Crippen LogP contribution >= 0.6 is 0 Å². The van der Waals surface area contributed by atoms with Gasteiger partial charge in [-0.3, -0.25) is 18.9 Å². The molecule has 1 saturated heterocycles. The molecule has 48 heavy (non-hydrogen) atoms. The molecule has 1 unspecified atom stereocenters. The van der Waals surface area contributed by atoms with E-state index < -0.39 is 45.5 Å². The zero-order chi connectivity index (χ0) is 36.1. The number of hydrogen-bond acceptors (Lipinski definition) is 11. The summed E-state index contributed by atoms with van der Waals surface area (Å²) in [6.07, 6.45) is -0.850. The highest BCUT2D eigenvalue weighted by atomic mass is 32.2. The van der Waals surface area contributed by atoms with Crippen LogP contribution in [0.15, 0.2) is 36.4 Å². The molecule has 1 atom stereocenters. The standard InChI is InChI=1S/C27H37N7O6.CHF3O3S/c1-4-40-27(39)34-16-14-33(15-17-34)26(38)20(10-11-23(35)36)30-25(37)21-18-22(28-12-13-32(2)3)31-24(29-21)19-8-6-5-7-9-19;2-1(3,4)8(5,6)7/h5-9,18,20H,4,10-17H2,1-3H3,(H,30,37)(H,35,36)(H,28,29,31);(H,5,6,7). The Balaban J connectivity index is 0.000000886. The molecule has 1 fully saturated rings. The van der Waals surface area contributed by atoms with Gasteiger partial charge in [0.05, 0.1) is 6.61 Å². The molecule has 0 aliphatic carbocycles. The van der Waals surface area contributed by atoms with Crippen molar-refractivity contribution in [2.45, 2.75) is 31.3 Å². The molecule has 0 radical (unpaired) electrons. The summed E-state index contributed by atoms with van der Waals surface area (Å²) in [6.45, 7) is 4.32. The molecule has 2 aromatic rings. The summed E-state index contributed by atoms with van der Waals surface area (Å²) in [5.41, 5.74) is -4.78. The van der Waals surface area contributed by atoms with Crippen molar-refractivity contribution in [2.75, 3.05) is 65.3 Å². The average molecular weight is 706 g/mol. The highest BCUT2D eigenvalue weighted by molar-refractivity contribution is 7.86. The SMILES string of the molecule is CCOC(=O)N1CCN(C(=O)C(CCC(=O)O)NC(=O)c2cc(NCCN(C)C)nc(-c3ccccc3)n2)CC1.O=S(=O)(O)C(F)(F)F. The molecule has 0 bridgehead atoms. The maximum Gasteiger partial charge on any atom is 0.522 e. The van der Waals surface area contributed by atoms with Gasteiger partial charge in [-0.1, -0.05) is 30.3 Å². The highest BCUT2D eigenvalue weighted by Crippen LogP contribution is 2.21. The fraction of sp³-hybridized carbons (Fsp3) is 0.500. The van der Waals surface area contributed by atoms with Crippen molar-refractivity contribution in [3.05, 3.63) is 42.1 Å². The van der Waals surface area contributed by atoms with Crippen molar-refractivity contribution < 1.29 is 55.2 Å². The number of halogens is 3. The maximum atomic E-state index is 13.4. The number of carbonyl (C=O) groups excluding carboxylic acids is 3. The number of carboxylic acid groups (broad SMARTS) is 1. The lowest BCUT2D eigenvalue weighted by Gasteiger charge is -2.35. The minimum Gasteiger partial charge on any atom is -0.481 e. The van der Waals surface area contributed by atoms with Crippen molar-refractivity contribution >= 4 is 39.8 Å². The Morgan fingerprint density at radius 3 is 2.15 bits per heavy atom. The van der Waals surface area contributed by atoms with Gasteiger partial charge in [-0.2, -0.15) is 21.6 Å². The maximum absolute atomic E-state index is 13.4. The topological polar surface area (TPSA) is 212 Å². The summed E-state index contributed by atoms with van der Waals surface area (Å²) < 4.78 is 62.6. The molecule has 1 aliphatic heterocycles. The molecular weight excluding hydrogens is 667 g/mol. The molecular formula is C28H38F3N7O9S. The Labute approximate surface area is 275 Å². The fourth-order valence-electron chi connectivity index (χ4n) is 4.08. The molecule has 3 rings (SSSR count). The summed E-state index contributed by atoms with van der Waals surface area (Å²) in [5.74, 6) is -1.34. The number of benzene rings is 1. The van der Waals surface area contributed by atoms with Crippen molar-refractivity contribution in [2.24, 2.45) is 0 Å². The second-order valence-corrected chi connectivity index (χ2v) is 11.9. The number of likely N-dealkylation sites (N-methyl/N-ethyl adjacent to an activating group) is 1. The van der Waals surface area contributed by atoms with Gasteiger partial charge in [0.2, 0.25) is 5.91 Å². The summed E-state index contributed by atoms with van der Waals surface area (Å²) in [4.78, 5) is 64.1. The smallest absolute Gasteiger partial charge is 0.481 e. The number of aromatic nitrogens is 2. The zero-order valence-corrected chi connectivity index (χ0v) is 27.3. The number of ether oxygens (including phenoxy) is 1. The van der Waals surface area contributed by atoms with Gasteiger partial charge in [0.25, 0.3) is 5.91 Å². The van der Waals surface area contributed by atoms with E-state index in [0.717, 1.165) is 6.54 Å². The van der Waals surface area contributed by atoms with Crippen LogP contribution in [0.4, 0.5) is 23.8 Å². The number of carbonyl (C=O) groups is 4. The van der Waals surface area contributed by atoms with Crippen molar-refractivity contribution in [3.8, 4) is 11.4 Å². The van der Waals surface area contributed by atoms with Crippen LogP contribution in [0.2, 0.25) is 0 Å². The predicted molar refractivity (Wildman–Crippen MR) is 165 cm³/mol. The van der Waals surface area contributed by atoms with Crippen LogP contribution < -0.4 is 10.6 Å². The quantitative estimate of drug-likeness (QED) is 0.183. The van der Waals surface area contributed by atoms with Gasteiger partial charge in [-0.25, -0.2) is 14.8 Å². The van der Waals surface area contributed by atoms with E-state index in [1.165, 1.54) is 15.9 Å². The largest absolute Gasteiger partial charge is 0.522 e. The lowest BCUT2D eigenvalue weighted by molar-refractivity contribution is -0.138. The molecule has 1 aliphatic rings. The van der Waals surface area contributed by atoms with Crippen LogP contribution in [0.25, 0.3) is 11.4 Å². The summed E-state index contributed by atoms with van der Waals surface area (Å²) >= 11 is 0. The molecule has 0 saturated carbocycles. The molecule has 2 heterocycles. The lowest BCUT2D eigenvalue weighted by Crippen LogP contribution is -2.56. The van der Waals surface area contributed by atoms with Crippen molar-refractivity contribution in [1.29, 1.82) is 0 Å². The van der Waals surface area contributed by atoms with E-state index in [9.17, 15) is 37.5 Å². The first-order valence-corrected chi connectivity index (χ1v) is 16.0. The van der Waals surface area contributed by atoms with Gasteiger partial charge in [-0.05, 0) is 27.4 Å². The van der Waals surface area contributed by atoms with Gasteiger partial charge in [0.15, 0.2) is 5.82 Å². The number of amides is 3. The van der Waals surface area contributed by atoms with Crippen LogP contribution in [0.5, 0.6) is 0 Å². The van der Waals surface area contributed by atoms with Gasteiger partial charge < -0.3 is 35.2 Å². The molecule has 1 aromatic carbocycles.